The van der Waals surface area contributed by atoms with Gasteiger partial charge in [-0.1, -0.05) is 6.07 Å². The van der Waals surface area contributed by atoms with E-state index in [4.69, 9.17) is 16.3 Å². The zero-order valence-electron chi connectivity index (χ0n) is 10.1. The first kappa shape index (κ1) is 11.9. The van der Waals surface area contributed by atoms with Gasteiger partial charge in [0.05, 0.1) is 23.5 Å². The van der Waals surface area contributed by atoms with Gasteiger partial charge in [-0.2, -0.15) is 0 Å². The number of hydrogen-bond acceptors (Lipinski definition) is 2. The number of aromatic nitrogens is 2. The summed E-state index contributed by atoms with van der Waals surface area (Å²) in [6.07, 6.45) is 1.01. The van der Waals surface area contributed by atoms with Crippen molar-refractivity contribution in [2.45, 2.75) is 31.4 Å². The second-order valence-corrected chi connectivity index (χ2v) is 4.84. The van der Waals surface area contributed by atoms with Crippen molar-refractivity contribution >= 4 is 22.6 Å². The summed E-state index contributed by atoms with van der Waals surface area (Å²) in [7, 11) is 0. The van der Waals surface area contributed by atoms with E-state index in [0.717, 1.165) is 18.5 Å². The Morgan fingerprint density at radius 1 is 1.56 bits per heavy atom. The molecule has 3 rings (SSSR count). The molecule has 1 aliphatic rings. The average Bonchev–Trinajstić information content (AvgIpc) is 2.93. The maximum absolute atomic E-state index is 13.7. The molecule has 3 nitrogen and oxygen atoms in total. The molecule has 2 aromatic rings. The Morgan fingerprint density at radius 3 is 3.06 bits per heavy atom. The number of hydrogen-bond donors (Lipinski definition) is 0. The third kappa shape index (κ3) is 1.71. The molecule has 0 aliphatic carbocycles. The summed E-state index contributed by atoms with van der Waals surface area (Å²) in [5.41, 5.74) is 1.19. The van der Waals surface area contributed by atoms with Gasteiger partial charge < -0.3 is 9.30 Å². The molecule has 0 saturated carbocycles. The van der Waals surface area contributed by atoms with Crippen LogP contribution in [-0.2, 0) is 10.6 Å². The number of nitrogens with zero attached hydrogens (tertiary/aromatic N) is 2. The van der Waals surface area contributed by atoms with Gasteiger partial charge in [0.2, 0.25) is 0 Å². The molecule has 0 N–H and O–H groups in total. The van der Waals surface area contributed by atoms with Crippen LogP contribution in [0.15, 0.2) is 18.2 Å². The number of para-hydroxylation sites is 1. The Labute approximate surface area is 110 Å². The summed E-state index contributed by atoms with van der Waals surface area (Å²) in [5, 5.41) is 0. The number of rotatable bonds is 2. The molecule has 1 aromatic carbocycles. The number of ether oxygens (including phenoxy) is 1. The van der Waals surface area contributed by atoms with Crippen LogP contribution in [0.25, 0.3) is 11.0 Å². The van der Waals surface area contributed by atoms with Gasteiger partial charge in [-0.15, -0.1) is 11.6 Å². The minimum absolute atomic E-state index is 0.104. The highest BCUT2D eigenvalue weighted by molar-refractivity contribution is 6.16. The van der Waals surface area contributed by atoms with Crippen molar-refractivity contribution in [2.75, 3.05) is 6.61 Å². The van der Waals surface area contributed by atoms with Crippen LogP contribution >= 0.6 is 11.6 Å². The zero-order chi connectivity index (χ0) is 12.7. The Hall–Kier alpha value is -1.13. The average molecular weight is 269 g/mol. The van der Waals surface area contributed by atoms with Crippen LogP contribution in [0, 0.1) is 5.82 Å². The van der Waals surface area contributed by atoms with Crippen LogP contribution in [0.4, 0.5) is 4.39 Å². The van der Waals surface area contributed by atoms with E-state index in [1.807, 2.05) is 17.6 Å². The predicted octanol–water partition coefficient (Wildman–Crippen LogP) is 3.26. The fourth-order valence-electron chi connectivity index (χ4n) is 2.65. The van der Waals surface area contributed by atoms with E-state index in [-0.39, 0.29) is 23.8 Å². The molecule has 0 bridgehead atoms. The van der Waals surface area contributed by atoms with E-state index in [9.17, 15) is 4.39 Å². The van der Waals surface area contributed by atoms with Gasteiger partial charge in [0.15, 0.2) is 5.82 Å². The van der Waals surface area contributed by atoms with Crippen molar-refractivity contribution in [2.24, 2.45) is 0 Å². The highest BCUT2D eigenvalue weighted by atomic mass is 35.5. The van der Waals surface area contributed by atoms with Gasteiger partial charge in [-0.3, -0.25) is 0 Å². The summed E-state index contributed by atoms with van der Waals surface area (Å²) in [6, 6.07) is 5.19. The molecule has 2 unspecified atom stereocenters. The smallest absolute Gasteiger partial charge is 0.151 e. The number of imidazole rings is 1. The fourth-order valence-corrected chi connectivity index (χ4v) is 2.84. The highest BCUT2D eigenvalue weighted by Gasteiger charge is 2.29. The van der Waals surface area contributed by atoms with Crippen LogP contribution in [0.3, 0.4) is 0 Å². The van der Waals surface area contributed by atoms with Crippen LogP contribution < -0.4 is 0 Å². The monoisotopic (exact) mass is 268 g/mol. The first-order valence-electron chi connectivity index (χ1n) is 6.05. The third-order valence-corrected chi connectivity index (χ3v) is 3.77. The van der Waals surface area contributed by atoms with Crippen LogP contribution in [0.2, 0.25) is 0 Å². The maximum atomic E-state index is 13.7. The molecular formula is C13H14ClFN2O. The van der Waals surface area contributed by atoms with E-state index < -0.39 is 0 Å². The molecule has 0 radical (unpaired) electrons. The molecule has 96 valence electrons. The van der Waals surface area contributed by atoms with Crippen LogP contribution in [-0.4, -0.2) is 22.3 Å². The number of fused-ring (bicyclic) bond motifs is 1. The number of halogens is 2. The lowest BCUT2D eigenvalue weighted by Crippen LogP contribution is -2.18. The van der Waals surface area contributed by atoms with E-state index in [0.29, 0.717) is 11.3 Å². The summed E-state index contributed by atoms with van der Waals surface area (Å²) < 4.78 is 21.4. The van der Waals surface area contributed by atoms with Gasteiger partial charge in [-0.05, 0) is 25.5 Å². The Morgan fingerprint density at radius 2 is 2.39 bits per heavy atom. The lowest BCUT2D eigenvalue weighted by molar-refractivity contribution is 0.108. The van der Waals surface area contributed by atoms with Gasteiger partial charge in [0.1, 0.15) is 11.3 Å². The number of benzene rings is 1. The van der Waals surface area contributed by atoms with E-state index in [1.54, 1.807) is 6.07 Å². The molecule has 1 aliphatic heterocycles. The minimum Gasteiger partial charge on any atom is -0.376 e. The zero-order valence-corrected chi connectivity index (χ0v) is 10.8. The first-order chi connectivity index (χ1) is 8.72. The molecule has 18 heavy (non-hydrogen) atoms. The largest absolute Gasteiger partial charge is 0.376 e. The topological polar surface area (TPSA) is 27.1 Å². The molecule has 5 heteroatoms. The fraction of sp³-hybridized carbons (Fsp3) is 0.462. The van der Waals surface area contributed by atoms with Crippen molar-refractivity contribution in [3.05, 3.63) is 29.8 Å². The molecule has 1 aromatic heterocycles. The Bertz CT molecular complexity index is 584. The Balaban J connectivity index is 2.22. The summed E-state index contributed by atoms with van der Waals surface area (Å²) >= 11 is 5.94. The maximum Gasteiger partial charge on any atom is 0.151 e. The van der Waals surface area contributed by atoms with Crippen molar-refractivity contribution < 1.29 is 9.13 Å². The molecule has 2 heterocycles. The molecule has 0 amide bonds. The van der Waals surface area contributed by atoms with Crippen molar-refractivity contribution in [3.63, 3.8) is 0 Å². The standard InChI is InChI=1S/C13H14ClFN2O/c1-8-10(5-6-18-8)17-11-4-2-3-9(15)13(11)16-12(17)7-14/h2-4,8,10H,5-7H2,1H3. The molecule has 2 atom stereocenters. The highest BCUT2D eigenvalue weighted by Crippen LogP contribution is 2.32. The third-order valence-electron chi connectivity index (χ3n) is 3.53. The molecule has 1 saturated heterocycles. The van der Waals surface area contributed by atoms with Gasteiger partial charge in [0, 0.05) is 6.61 Å². The minimum atomic E-state index is -0.302. The quantitative estimate of drug-likeness (QED) is 0.782. The predicted molar refractivity (Wildman–Crippen MR) is 68.3 cm³/mol. The SMILES string of the molecule is CC1OCCC1n1c(CCl)nc2c(F)cccc21. The van der Waals surface area contributed by atoms with E-state index in [1.165, 1.54) is 6.07 Å². The lowest BCUT2D eigenvalue weighted by Gasteiger charge is -2.19. The van der Waals surface area contributed by atoms with Gasteiger partial charge in [-0.25, -0.2) is 9.37 Å². The molecule has 1 fully saturated rings. The summed E-state index contributed by atoms with van der Waals surface area (Å²) in [6.45, 7) is 2.75. The normalized spacial score (nSPS) is 23.9. The first-order valence-corrected chi connectivity index (χ1v) is 6.58. The van der Waals surface area contributed by atoms with Crippen molar-refractivity contribution in [1.29, 1.82) is 0 Å². The molecular weight excluding hydrogens is 255 g/mol. The summed E-state index contributed by atoms with van der Waals surface area (Å²) in [5.74, 6) is 0.681. The second-order valence-electron chi connectivity index (χ2n) is 4.57. The van der Waals surface area contributed by atoms with Gasteiger partial charge in [0.25, 0.3) is 0 Å². The summed E-state index contributed by atoms with van der Waals surface area (Å²) in [4.78, 5) is 4.31. The van der Waals surface area contributed by atoms with E-state index >= 15 is 0 Å². The molecule has 0 spiro atoms. The number of alkyl halides is 1. The van der Waals surface area contributed by atoms with Crippen molar-refractivity contribution in [1.82, 2.24) is 9.55 Å². The Kier molecular flexibility index (Phi) is 2.99. The lowest BCUT2D eigenvalue weighted by atomic mass is 10.1. The van der Waals surface area contributed by atoms with Crippen molar-refractivity contribution in [3.8, 4) is 0 Å². The van der Waals surface area contributed by atoms with Crippen LogP contribution in [0.5, 0.6) is 0 Å². The second kappa shape index (κ2) is 4.52. The van der Waals surface area contributed by atoms with E-state index in [2.05, 4.69) is 4.98 Å². The van der Waals surface area contributed by atoms with Crippen LogP contribution in [0.1, 0.15) is 25.2 Å². The van der Waals surface area contributed by atoms with Gasteiger partial charge >= 0.3 is 0 Å².